The fourth-order valence-corrected chi connectivity index (χ4v) is 20.1. The maximum Gasteiger partial charge on any atom is 0.418 e. The van der Waals surface area contributed by atoms with Gasteiger partial charge in [0.2, 0.25) is 0 Å². The summed E-state index contributed by atoms with van der Waals surface area (Å²) in [6.07, 6.45) is -1.33. The Balaban J connectivity index is 0.000000143. The molecule has 20 atom stereocenters. The van der Waals surface area contributed by atoms with Crippen LogP contribution in [0.15, 0.2) is 0 Å². The molecule has 0 aromatic rings. The van der Waals surface area contributed by atoms with E-state index in [1.807, 2.05) is 0 Å². The summed E-state index contributed by atoms with van der Waals surface area (Å²) in [5, 5.41) is 24.5. The van der Waals surface area contributed by atoms with Gasteiger partial charge in [0.05, 0.1) is 62.1 Å². The van der Waals surface area contributed by atoms with Crippen molar-refractivity contribution in [3.05, 3.63) is 0 Å². The van der Waals surface area contributed by atoms with Gasteiger partial charge in [0.25, 0.3) is 35.4 Å². The number of halogens is 1. The largest absolute Gasteiger partial charge is 0.418 e. The van der Waals surface area contributed by atoms with Crippen molar-refractivity contribution < 1.29 is 209 Å². The fourth-order valence-electron chi connectivity index (χ4n) is 17.8. The minimum absolute atomic E-state index is 0.0726. The second kappa shape index (κ2) is 46.1. The average molecular weight is 2170 g/mol. The molecule has 12 bridgehead atoms. The Morgan fingerprint density at radius 3 is 0.866 bits per heavy atom. The van der Waals surface area contributed by atoms with Gasteiger partial charge in [0.15, 0.2) is 11.9 Å². The first kappa shape index (κ1) is 110. The average Bonchev–Trinajstić information content (AvgIpc) is 1.65. The molecule has 0 aromatic heterocycles. The number of amides is 18. The van der Waals surface area contributed by atoms with E-state index in [2.05, 4.69) is 96.2 Å². The number of carbonyl (C=O) groups excluding carboxylic acids is 13. The van der Waals surface area contributed by atoms with E-state index in [9.17, 15) is 122 Å². The molecule has 18 amide bonds. The quantitative estimate of drug-likeness (QED) is 0.0235. The summed E-state index contributed by atoms with van der Waals surface area (Å²) in [6, 6.07) is -13.5. The van der Waals surface area contributed by atoms with Crippen LogP contribution in [-0.4, -0.2) is 465 Å². The van der Waals surface area contributed by atoms with Crippen LogP contribution in [-0.2, 0) is 156 Å². The van der Waals surface area contributed by atoms with Crippen molar-refractivity contribution in [2.75, 3.05) is 118 Å². The van der Waals surface area contributed by atoms with Crippen LogP contribution < -0.4 is 76.2 Å². The number of hydrogen-bond donors (Lipinski definition) is 21. The first-order valence-corrected chi connectivity index (χ1v) is 51.5. The maximum atomic E-state index is 13.4. The van der Waals surface area contributed by atoms with Crippen LogP contribution in [0.2, 0.25) is 0 Å². The number of aliphatic hydroxyl groups excluding tert-OH is 1. The third kappa shape index (κ3) is 28.3. The molecule has 18 aliphatic rings. The predicted octanol–water partition coefficient (Wildman–Crippen LogP) is -13.9. The van der Waals surface area contributed by atoms with Crippen molar-refractivity contribution in [1.82, 2.24) is 130 Å². The van der Waals surface area contributed by atoms with E-state index in [1.165, 1.54) is 14.7 Å². The van der Waals surface area contributed by atoms with Crippen LogP contribution in [0.5, 0.6) is 0 Å². The summed E-state index contributed by atoms with van der Waals surface area (Å²) < 4.78 is 221. The molecule has 78 heteroatoms. The number of Topliss-reactive ketones (excluding diaryl/α,β-unsaturated/α-hetero) is 1. The number of hydroxylamine groups is 19. The standard InChI is InChI=1S/C11H17FN4O7S.C11H19N5O7S.C11H18N4O8S.C11H16N4O8S.C10H17N5O7S.C10H16N4O8S/c2*12-7-3-13-4-9(7)22-14-10(17)8-2-1-6-5-15(8)11(18)16(6)23-24(19,20)21;2*16-8-3-12-4-9(8)22-13-10(17)7-2-1-6-5-14(7)11(18)15(6)23-24(19,20)21;16-9(13-21-7-3-11-12-4-7)8-2-1-6-5-14(8)10(17)15(6)22-23(18,19)20;15-9(12-21-7-3-11-20-5-7)8-2-1-6-4-13(8)10(16)14(6)22-23(17,18)19/h6-9,13H,1-5H2,(H,14,17)(H,19,20,21);6-9,13H,1-5,12H2,(H,14,17)(H,19,20,21);6-9,12,16H,1-5H2,(H,13,17)(H,19,20,21);6-7,9,12H,1-5H2,(H,13,17)(H,19,20,21);6-8,11-12H,1-5H2,(H,13,16)(H,18,19,20);6-8,11H,1-5H2,(H,12,15)(H,17,18,19)/t2*6-,7?,8+,9?;6-,7+,8?,9?;6-,7+,9?;6-,8+;6-,7?,8+/m111111/s1. The first-order chi connectivity index (χ1) is 66.7. The molecule has 18 fully saturated rings. The lowest BCUT2D eigenvalue weighted by Gasteiger charge is -2.29. The van der Waals surface area contributed by atoms with Crippen molar-refractivity contribution >= 4 is 140 Å². The summed E-state index contributed by atoms with van der Waals surface area (Å²) in [4.78, 5) is 200. The van der Waals surface area contributed by atoms with E-state index in [0.29, 0.717) is 134 Å². The van der Waals surface area contributed by atoms with Crippen molar-refractivity contribution in [2.24, 2.45) is 5.73 Å². The van der Waals surface area contributed by atoms with Crippen molar-refractivity contribution in [3.63, 3.8) is 0 Å². The zero-order valence-electron chi connectivity index (χ0n) is 73.8. The SMILES string of the molecule is NC1CNCC1ONC(=O)[C@@H]1CC[C@@H]2CN1C(=O)N2OS(=O)(=O)O.O=C(NOC1CNCC1F)[C@@H]1CC[C@@H]2CN1C(=O)N2OS(=O)(=O)O.O=C(NOC1CNCC1O)[C@@H]1CC[C@@H]2CN1C(=O)N2OS(=O)(=O)O.O=C(NOC1CNNC1)[C@@H]1CC[C@@H]2CN1C(=O)N2OS(=O)(=O)O.O=C(NOC1CNOC1)[C@@H]1CC[C@@H]2CN1C(=O)N2OS(=O)(=O)O.O=C1CNCC1ONC(=O)[C@@H]1CC[C@@H]2CN1C(=O)N2OS(=O)(=O)O. The summed E-state index contributed by atoms with van der Waals surface area (Å²) in [6.45, 7) is 5.08. The number of hydrazine groups is 1. The number of β-amino-alcohol motifs (C(OH)–C–C–N with tert-alkyl or cyclic N) is 1. The fraction of sp³-hybridized carbons (Fsp3) is 0.797. The monoisotopic (exact) mass is 2170 g/mol. The van der Waals surface area contributed by atoms with E-state index in [1.54, 1.807) is 0 Å². The third-order valence-electron chi connectivity index (χ3n) is 24.6. The lowest BCUT2D eigenvalue weighted by molar-refractivity contribution is -0.148. The number of fused-ring (bicyclic) bond motifs is 12. The van der Waals surface area contributed by atoms with E-state index in [4.69, 9.17) is 66.9 Å². The van der Waals surface area contributed by atoms with Gasteiger partial charge in [-0.15, -0.1) is 25.7 Å². The molecule has 18 rings (SSSR count). The molecule has 18 heterocycles. The van der Waals surface area contributed by atoms with Crippen LogP contribution in [0, 0.1) is 0 Å². The molecule has 18 aliphatic heterocycles. The Morgan fingerprint density at radius 1 is 0.331 bits per heavy atom. The van der Waals surface area contributed by atoms with Crippen LogP contribution >= 0.6 is 0 Å². The number of aliphatic hydroxyl groups is 1. The summed E-state index contributed by atoms with van der Waals surface area (Å²) in [5.74, 6) is -3.53. The Kier molecular flexibility index (Phi) is 35.7. The smallest absolute Gasteiger partial charge is 0.389 e. The first-order valence-electron chi connectivity index (χ1n) is 43.3. The van der Waals surface area contributed by atoms with Crippen molar-refractivity contribution in [2.45, 2.75) is 204 Å². The van der Waals surface area contributed by atoms with Gasteiger partial charge in [-0.05, 0) is 77.0 Å². The predicted molar refractivity (Wildman–Crippen MR) is 444 cm³/mol. The molecule has 0 radical (unpaired) electrons. The highest BCUT2D eigenvalue weighted by Crippen LogP contribution is 2.38. The Morgan fingerprint density at radius 2 is 0.606 bits per heavy atom. The number of urea groups is 6. The van der Waals surface area contributed by atoms with Crippen LogP contribution in [0.3, 0.4) is 0 Å². The number of ketones is 1. The van der Waals surface area contributed by atoms with Gasteiger partial charge >= 0.3 is 98.6 Å². The molecule has 802 valence electrons. The Labute approximate surface area is 803 Å². The number of nitrogens with two attached hydrogens (primary N) is 1. The second-order valence-corrected chi connectivity index (χ2v) is 40.2. The number of rotatable bonds is 30. The second-order valence-electron chi connectivity index (χ2n) is 34.2. The van der Waals surface area contributed by atoms with E-state index >= 15 is 0 Å². The normalized spacial score (nSPS) is 31.5. The molecule has 142 heavy (non-hydrogen) atoms. The molecule has 0 aromatic carbocycles. The van der Waals surface area contributed by atoms with Crippen LogP contribution in [0.1, 0.15) is 77.0 Å². The van der Waals surface area contributed by atoms with E-state index < -0.39 is 237 Å². The molecule has 71 nitrogen and oxygen atoms in total. The van der Waals surface area contributed by atoms with Crippen LogP contribution in [0.25, 0.3) is 0 Å². The molecule has 0 aliphatic carbocycles. The Bertz CT molecular complexity index is 5050. The maximum absolute atomic E-state index is 13.4. The van der Waals surface area contributed by atoms with Gasteiger partial charge in [-0.1, -0.05) is 0 Å². The third-order valence-corrected chi connectivity index (χ3v) is 26.7. The highest BCUT2D eigenvalue weighted by molar-refractivity contribution is 7.82. The lowest BCUT2D eigenvalue weighted by atomic mass is 10.0. The lowest BCUT2D eigenvalue weighted by Crippen LogP contribution is -2.51. The molecule has 22 N–H and O–H groups in total. The van der Waals surface area contributed by atoms with Gasteiger partial charge in [-0.2, -0.15) is 86.4 Å². The van der Waals surface area contributed by atoms with Gasteiger partial charge in [-0.3, -0.25) is 106 Å². The van der Waals surface area contributed by atoms with Crippen molar-refractivity contribution in [1.29, 1.82) is 0 Å². The van der Waals surface area contributed by atoms with E-state index in [-0.39, 0.29) is 121 Å². The van der Waals surface area contributed by atoms with Gasteiger partial charge in [0.1, 0.15) is 72.9 Å². The highest BCUT2D eigenvalue weighted by atomic mass is 32.3. The summed E-state index contributed by atoms with van der Waals surface area (Å²) >= 11 is 0. The zero-order valence-corrected chi connectivity index (χ0v) is 78.7. The number of alkyl halides is 1. The molecular weight excluding hydrogens is 2060 g/mol. The Hall–Kier alpha value is -9.38. The summed E-state index contributed by atoms with van der Waals surface area (Å²) in [7, 11) is -28.9. The number of piperidine rings is 6. The molecule has 0 saturated carbocycles. The minimum atomic E-state index is -4.84. The summed E-state index contributed by atoms with van der Waals surface area (Å²) in [5.41, 5.74) is 27.5. The topological polar surface area (TPSA) is 910 Å². The van der Waals surface area contributed by atoms with Gasteiger partial charge in [-0.25, -0.2) is 66.0 Å². The van der Waals surface area contributed by atoms with Gasteiger partial charge in [0, 0.05) is 104 Å². The number of nitrogens with zero attached hydrogens (tertiary/aromatic N) is 12. The van der Waals surface area contributed by atoms with Crippen LogP contribution in [0.4, 0.5) is 33.2 Å². The number of carbonyl (C=O) groups is 13. The number of nitrogens with one attached hydrogen (secondary N) is 13. The van der Waals surface area contributed by atoms with Gasteiger partial charge < -0.3 is 61.5 Å². The zero-order chi connectivity index (χ0) is 103. The molecule has 0 spiro atoms. The molecular formula is C64H103FN26O45S6. The molecule has 18 saturated heterocycles. The van der Waals surface area contributed by atoms with Crippen molar-refractivity contribution in [3.8, 4) is 0 Å². The minimum Gasteiger partial charge on any atom is -0.389 e. The highest BCUT2D eigenvalue weighted by Gasteiger charge is 2.57. The van der Waals surface area contributed by atoms with E-state index in [0.717, 1.165) is 14.7 Å². The molecule has 8 unspecified atom stereocenters. The number of hydrogen-bond acceptors (Lipinski definition) is 47.